The highest BCUT2D eigenvalue weighted by Crippen LogP contribution is 2.44. The molecule has 6 rings (SSSR count). The van der Waals surface area contributed by atoms with Crippen LogP contribution in [0.4, 0.5) is 11.4 Å². The number of likely N-dealkylation sites (N-methyl/N-ethyl adjacent to an activating group) is 1. The Labute approximate surface area is 330 Å². The first-order valence-corrected chi connectivity index (χ1v) is 22.2. The van der Waals surface area contributed by atoms with Gasteiger partial charge in [-0.3, -0.25) is 0 Å². The largest absolute Gasteiger partial charge is 0.491 e. The van der Waals surface area contributed by atoms with E-state index >= 15 is 4.57 Å². The second-order valence-electron chi connectivity index (χ2n) is 14.0. The van der Waals surface area contributed by atoms with Crippen LogP contribution in [0, 0.1) is 0 Å². The SMILES string of the molecule is CCC(O)COc1ccc(P(=O)(c2ccccc2)c2ccc(OCC(O)CN(C)c3cccc(P(=O)(c4ccccc4)c4cccc(N(C)C)c4)c3)cc2)cc1. The van der Waals surface area contributed by atoms with Gasteiger partial charge in [-0.15, -0.1) is 0 Å². The third-order valence-corrected chi connectivity index (χ3v) is 15.9. The van der Waals surface area contributed by atoms with Gasteiger partial charge in [-0.05, 0) is 79.2 Å². The lowest BCUT2D eigenvalue weighted by atomic mass is 10.2. The molecule has 0 amide bonds. The molecule has 0 bridgehead atoms. The van der Waals surface area contributed by atoms with Crippen LogP contribution < -0.4 is 51.1 Å². The van der Waals surface area contributed by atoms with Crippen molar-refractivity contribution in [3.63, 3.8) is 0 Å². The summed E-state index contributed by atoms with van der Waals surface area (Å²) in [6, 6.07) is 49.0. The number of rotatable bonds is 17. The van der Waals surface area contributed by atoms with Gasteiger partial charge < -0.3 is 38.6 Å². The number of aliphatic hydroxyl groups excluding tert-OH is 2. The Bertz CT molecular complexity index is 2270. The lowest BCUT2D eigenvalue weighted by Crippen LogP contribution is -2.34. The predicted molar refractivity (Wildman–Crippen MR) is 233 cm³/mol. The monoisotopic (exact) mass is 788 g/mol. The van der Waals surface area contributed by atoms with E-state index in [0.29, 0.717) is 39.1 Å². The van der Waals surface area contributed by atoms with E-state index in [2.05, 4.69) is 0 Å². The van der Waals surface area contributed by atoms with Gasteiger partial charge in [0.25, 0.3) is 0 Å². The molecule has 6 aromatic carbocycles. The number of ether oxygens (including phenoxy) is 2. The zero-order valence-corrected chi connectivity index (χ0v) is 34.1. The minimum atomic E-state index is -3.25. The fourth-order valence-corrected chi connectivity index (χ4v) is 11.9. The Balaban J connectivity index is 1.15. The molecule has 0 aliphatic heterocycles. The Kier molecular flexibility index (Phi) is 13.2. The van der Waals surface area contributed by atoms with Crippen LogP contribution in [0.5, 0.6) is 11.5 Å². The van der Waals surface area contributed by atoms with E-state index < -0.39 is 26.5 Å². The number of benzene rings is 6. The van der Waals surface area contributed by atoms with Crippen LogP contribution in [0.3, 0.4) is 0 Å². The lowest BCUT2D eigenvalue weighted by Gasteiger charge is -2.26. The minimum absolute atomic E-state index is 0.0355. The molecule has 4 unspecified atom stereocenters. The van der Waals surface area contributed by atoms with Crippen molar-refractivity contribution in [2.24, 2.45) is 0 Å². The van der Waals surface area contributed by atoms with Gasteiger partial charge in [0.05, 0.1) is 6.10 Å². The number of hydrogen-bond donors (Lipinski definition) is 2. The molecule has 0 aliphatic carbocycles. The Morgan fingerprint density at radius 3 is 1.36 bits per heavy atom. The average Bonchev–Trinajstić information content (AvgIpc) is 3.25. The van der Waals surface area contributed by atoms with Gasteiger partial charge in [0.15, 0.2) is 14.3 Å². The summed E-state index contributed by atoms with van der Waals surface area (Å²) in [6.07, 6.45) is -0.787. The Hall–Kier alpha value is -5.10. The van der Waals surface area contributed by atoms with Crippen LogP contribution in [-0.4, -0.2) is 63.3 Å². The van der Waals surface area contributed by atoms with E-state index in [0.717, 1.165) is 22.0 Å². The summed E-state index contributed by atoms with van der Waals surface area (Å²) in [4.78, 5) is 3.94. The van der Waals surface area contributed by atoms with Gasteiger partial charge in [-0.25, -0.2) is 0 Å². The maximum atomic E-state index is 15.2. The molecule has 8 nitrogen and oxygen atoms in total. The summed E-state index contributed by atoms with van der Waals surface area (Å²) >= 11 is 0. The maximum absolute atomic E-state index is 15.2. The summed E-state index contributed by atoms with van der Waals surface area (Å²) < 4.78 is 42.0. The summed E-state index contributed by atoms with van der Waals surface area (Å²) in [6.45, 7) is 2.39. The highest BCUT2D eigenvalue weighted by molar-refractivity contribution is 7.85. The number of anilines is 2. The molecular weight excluding hydrogens is 738 g/mol. The highest BCUT2D eigenvalue weighted by atomic mass is 31.2. The third-order valence-electron chi connectivity index (χ3n) is 9.82. The van der Waals surface area contributed by atoms with Gasteiger partial charge in [0.1, 0.15) is 30.8 Å². The molecule has 4 atom stereocenters. The second-order valence-corrected chi connectivity index (χ2v) is 19.6. The fraction of sp³-hybridized carbons (Fsp3) is 0.217. The number of hydrogen-bond acceptors (Lipinski definition) is 8. The molecule has 0 radical (unpaired) electrons. The van der Waals surface area contributed by atoms with Crippen molar-refractivity contribution in [3.05, 3.63) is 158 Å². The number of aliphatic hydroxyl groups is 2. The van der Waals surface area contributed by atoms with E-state index in [-0.39, 0.29) is 19.8 Å². The molecule has 0 saturated carbocycles. The first-order chi connectivity index (χ1) is 27.0. The van der Waals surface area contributed by atoms with Crippen LogP contribution in [0.2, 0.25) is 0 Å². The molecule has 0 aromatic heterocycles. The first-order valence-electron chi connectivity index (χ1n) is 18.8. The fourth-order valence-electron chi connectivity index (χ4n) is 6.55. The minimum Gasteiger partial charge on any atom is -0.491 e. The summed E-state index contributed by atoms with van der Waals surface area (Å²) in [7, 11) is -0.655. The van der Waals surface area contributed by atoms with Crippen LogP contribution in [0.1, 0.15) is 13.3 Å². The maximum Gasteiger partial charge on any atom is 0.171 e. The van der Waals surface area contributed by atoms with Gasteiger partial charge in [-0.1, -0.05) is 91.9 Å². The summed E-state index contributed by atoms with van der Waals surface area (Å²) in [5, 5.41) is 25.2. The second kappa shape index (κ2) is 18.2. The van der Waals surface area contributed by atoms with Gasteiger partial charge in [0, 0.05) is 70.9 Å². The van der Waals surface area contributed by atoms with Crippen molar-refractivity contribution < 1.29 is 28.8 Å². The third kappa shape index (κ3) is 9.12. The first kappa shape index (κ1) is 40.6. The molecule has 0 saturated heterocycles. The molecule has 6 aromatic rings. The molecule has 0 fully saturated rings. The van der Waals surface area contributed by atoms with E-state index in [9.17, 15) is 14.8 Å². The molecule has 0 spiro atoms. The standard InChI is InChI=1S/C46H50N2O6P2/c1-5-37(49)33-53-39-22-26-43(27-23-39)55(51,41-16-8-6-9-17-41)44-28-24-40(25-29-44)54-34-38(50)32-48(4)36-15-13-21-46(31-36)56(52,42-18-10-7-11-19-42)45-20-12-14-35(30-45)47(2)3/h6-31,37-38,49-50H,5,32-34H2,1-4H3. The van der Waals surface area contributed by atoms with Crippen molar-refractivity contribution in [1.29, 1.82) is 0 Å². The molecule has 0 heterocycles. The topological polar surface area (TPSA) is 99.5 Å². The molecule has 290 valence electrons. The van der Waals surface area contributed by atoms with E-state index in [1.54, 1.807) is 24.3 Å². The van der Waals surface area contributed by atoms with Crippen molar-refractivity contribution in [1.82, 2.24) is 0 Å². The van der Waals surface area contributed by atoms with E-state index in [1.165, 1.54) is 0 Å². The number of nitrogens with zero attached hydrogens (tertiary/aromatic N) is 2. The summed E-state index contributed by atoms with van der Waals surface area (Å²) in [5.41, 5.74) is 1.79. The van der Waals surface area contributed by atoms with Crippen molar-refractivity contribution in [3.8, 4) is 11.5 Å². The van der Waals surface area contributed by atoms with Crippen LogP contribution in [-0.2, 0) is 9.13 Å². The van der Waals surface area contributed by atoms with Crippen LogP contribution in [0.25, 0.3) is 0 Å². The van der Waals surface area contributed by atoms with E-state index in [4.69, 9.17) is 9.47 Å². The zero-order chi connectivity index (χ0) is 39.7. The normalized spacial score (nSPS) is 14.5. The molecular formula is C46H50N2O6P2. The molecule has 2 N–H and O–H groups in total. The van der Waals surface area contributed by atoms with Gasteiger partial charge in [-0.2, -0.15) is 0 Å². The molecule has 56 heavy (non-hydrogen) atoms. The van der Waals surface area contributed by atoms with Crippen LogP contribution in [0.15, 0.2) is 158 Å². The molecule has 10 heteroatoms. The quantitative estimate of drug-likeness (QED) is 0.108. The summed E-state index contributed by atoms with van der Waals surface area (Å²) in [5.74, 6) is 1.14. The highest BCUT2D eigenvalue weighted by Gasteiger charge is 2.32. The lowest BCUT2D eigenvalue weighted by molar-refractivity contribution is 0.104. The van der Waals surface area contributed by atoms with Gasteiger partial charge in [0.2, 0.25) is 0 Å². The smallest absolute Gasteiger partial charge is 0.171 e. The Morgan fingerprint density at radius 1 is 0.500 bits per heavy atom. The van der Waals surface area contributed by atoms with Crippen molar-refractivity contribution >= 4 is 57.5 Å². The molecule has 0 aliphatic rings. The van der Waals surface area contributed by atoms with Crippen molar-refractivity contribution in [2.45, 2.75) is 25.6 Å². The van der Waals surface area contributed by atoms with Crippen LogP contribution >= 0.6 is 14.3 Å². The Morgan fingerprint density at radius 2 is 0.893 bits per heavy atom. The van der Waals surface area contributed by atoms with Crippen molar-refractivity contribution in [2.75, 3.05) is 50.7 Å². The van der Waals surface area contributed by atoms with Gasteiger partial charge >= 0.3 is 0 Å². The predicted octanol–water partition coefficient (Wildman–Crippen LogP) is 6.06. The average molecular weight is 789 g/mol. The zero-order valence-electron chi connectivity index (χ0n) is 32.3. The van der Waals surface area contributed by atoms with E-state index in [1.807, 2.05) is 171 Å².